The van der Waals surface area contributed by atoms with Crippen LogP contribution in [0.3, 0.4) is 0 Å². The second-order valence-corrected chi connectivity index (χ2v) is 5.33. The van der Waals surface area contributed by atoms with Gasteiger partial charge in [0.15, 0.2) is 0 Å². The van der Waals surface area contributed by atoms with E-state index in [1.165, 1.54) is 6.42 Å². The summed E-state index contributed by atoms with van der Waals surface area (Å²) in [6.07, 6.45) is 6.35. The monoisotopic (exact) mass is 271 g/mol. The molecular formula is C16H21N3O. The van der Waals surface area contributed by atoms with Gasteiger partial charge in [-0.2, -0.15) is 5.10 Å². The molecule has 0 bridgehead atoms. The maximum atomic E-state index is 5.75. The quantitative estimate of drug-likeness (QED) is 0.820. The largest absolute Gasteiger partial charge is 0.377 e. The first-order valence-corrected chi connectivity index (χ1v) is 7.29. The first-order valence-electron chi connectivity index (χ1n) is 7.29. The number of rotatable bonds is 6. The molecule has 3 rings (SSSR count). The zero-order valence-corrected chi connectivity index (χ0v) is 11.7. The van der Waals surface area contributed by atoms with E-state index in [4.69, 9.17) is 4.74 Å². The Morgan fingerprint density at radius 1 is 1.30 bits per heavy atom. The summed E-state index contributed by atoms with van der Waals surface area (Å²) in [5.74, 6) is 0.794. The van der Waals surface area contributed by atoms with Crippen LogP contribution < -0.4 is 5.32 Å². The minimum atomic E-state index is 0.646. The van der Waals surface area contributed by atoms with E-state index in [-0.39, 0.29) is 0 Å². The molecule has 1 N–H and O–H groups in total. The molecule has 4 nitrogen and oxygen atoms in total. The molecule has 0 saturated carbocycles. The van der Waals surface area contributed by atoms with Crippen molar-refractivity contribution in [3.63, 3.8) is 0 Å². The molecule has 4 heteroatoms. The summed E-state index contributed by atoms with van der Waals surface area (Å²) in [4.78, 5) is 0. The van der Waals surface area contributed by atoms with Gasteiger partial charge in [0.2, 0.25) is 0 Å². The maximum Gasteiger partial charge on any atom is 0.0747 e. The number of ether oxygens (including phenoxy) is 1. The second kappa shape index (κ2) is 6.68. The third kappa shape index (κ3) is 3.46. The molecule has 0 radical (unpaired) electrons. The van der Waals surface area contributed by atoms with Gasteiger partial charge in [0.05, 0.1) is 18.5 Å². The van der Waals surface area contributed by atoms with Gasteiger partial charge in [-0.1, -0.05) is 18.2 Å². The molecule has 1 aliphatic rings. The van der Waals surface area contributed by atoms with E-state index >= 15 is 0 Å². The van der Waals surface area contributed by atoms with E-state index in [0.29, 0.717) is 6.61 Å². The van der Waals surface area contributed by atoms with Crippen molar-refractivity contribution in [3.8, 4) is 5.69 Å². The van der Waals surface area contributed by atoms with Crippen LogP contribution in [-0.4, -0.2) is 29.5 Å². The molecular weight excluding hydrogens is 250 g/mol. The van der Waals surface area contributed by atoms with Crippen molar-refractivity contribution in [2.45, 2.75) is 19.4 Å². The van der Waals surface area contributed by atoms with E-state index in [9.17, 15) is 0 Å². The number of hydrogen-bond donors (Lipinski definition) is 1. The van der Waals surface area contributed by atoms with Gasteiger partial charge in [-0.15, -0.1) is 0 Å². The number of benzene rings is 1. The number of aromatic nitrogens is 2. The van der Waals surface area contributed by atoms with Crippen LogP contribution in [0.4, 0.5) is 0 Å². The number of nitrogens with zero attached hydrogens (tertiary/aromatic N) is 2. The molecule has 20 heavy (non-hydrogen) atoms. The lowest BCUT2D eigenvalue weighted by Gasteiger charge is -2.07. The molecule has 0 aliphatic carbocycles. The minimum Gasteiger partial charge on any atom is -0.377 e. The zero-order valence-electron chi connectivity index (χ0n) is 11.7. The number of hydrogen-bond acceptors (Lipinski definition) is 3. The number of para-hydroxylation sites is 1. The second-order valence-electron chi connectivity index (χ2n) is 5.33. The van der Waals surface area contributed by atoms with E-state index in [1.54, 1.807) is 0 Å². The summed E-state index contributed by atoms with van der Waals surface area (Å²) >= 11 is 0. The van der Waals surface area contributed by atoms with Crippen LogP contribution in [0.5, 0.6) is 0 Å². The highest BCUT2D eigenvalue weighted by Crippen LogP contribution is 2.13. The Kier molecular flexibility index (Phi) is 4.46. The predicted molar refractivity (Wildman–Crippen MR) is 78.8 cm³/mol. The average Bonchev–Trinajstić information content (AvgIpc) is 3.16. The van der Waals surface area contributed by atoms with Crippen LogP contribution in [0.2, 0.25) is 0 Å². The Bertz CT molecular complexity index is 518. The third-order valence-corrected chi connectivity index (χ3v) is 3.76. The van der Waals surface area contributed by atoms with E-state index in [1.807, 2.05) is 47.4 Å². The van der Waals surface area contributed by atoms with Gasteiger partial charge >= 0.3 is 0 Å². The fourth-order valence-corrected chi connectivity index (χ4v) is 2.56. The molecule has 1 unspecified atom stereocenters. The summed E-state index contributed by atoms with van der Waals surface area (Å²) in [5.41, 5.74) is 2.20. The summed E-state index contributed by atoms with van der Waals surface area (Å²) in [5, 5.41) is 7.75. The first-order chi connectivity index (χ1) is 9.92. The molecule has 0 spiro atoms. The van der Waals surface area contributed by atoms with Crippen LogP contribution in [0, 0.1) is 5.92 Å². The van der Waals surface area contributed by atoms with E-state index in [2.05, 4.69) is 10.4 Å². The molecule has 1 aromatic carbocycles. The summed E-state index contributed by atoms with van der Waals surface area (Å²) < 4.78 is 7.64. The molecule has 1 aromatic heterocycles. The molecule has 0 amide bonds. The van der Waals surface area contributed by atoms with Crippen molar-refractivity contribution in [3.05, 3.63) is 48.3 Å². The van der Waals surface area contributed by atoms with Gasteiger partial charge in [-0.3, -0.25) is 0 Å². The SMILES string of the molecule is c1ccc(-n2cc(COCCC3CCNC3)cn2)cc1. The minimum absolute atomic E-state index is 0.646. The molecule has 106 valence electrons. The highest BCUT2D eigenvalue weighted by Gasteiger charge is 2.13. The molecule has 1 aliphatic heterocycles. The van der Waals surface area contributed by atoms with Gasteiger partial charge in [0.25, 0.3) is 0 Å². The molecule has 1 saturated heterocycles. The van der Waals surface area contributed by atoms with Crippen molar-refractivity contribution < 1.29 is 4.74 Å². The molecule has 2 heterocycles. The Morgan fingerprint density at radius 3 is 3.00 bits per heavy atom. The van der Waals surface area contributed by atoms with Crippen LogP contribution >= 0.6 is 0 Å². The smallest absolute Gasteiger partial charge is 0.0747 e. The fourth-order valence-electron chi connectivity index (χ4n) is 2.56. The van der Waals surface area contributed by atoms with Crippen molar-refractivity contribution in [2.75, 3.05) is 19.7 Å². The lowest BCUT2D eigenvalue weighted by Crippen LogP contribution is -2.10. The topological polar surface area (TPSA) is 39.1 Å². The maximum absolute atomic E-state index is 5.75. The molecule has 2 aromatic rings. The highest BCUT2D eigenvalue weighted by molar-refractivity contribution is 5.30. The fraction of sp³-hybridized carbons (Fsp3) is 0.438. The lowest BCUT2D eigenvalue weighted by molar-refractivity contribution is 0.109. The van der Waals surface area contributed by atoms with Crippen LogP contribution in [-0.2, 0) is 11.3 Å². The Labute approximate surface area is 119 Å². The van der Waals surface area contributed by atoms with Crippen LogP contribution in [0.15, 0.2) is 42.7 Å². The van der Waals surface area contributed by atoms with Gasteiger partial charge in [0, 0.05) is 18.4 Å². The third-order valence-electron chi connectivity index (χ3n) is 3.76. The average molecular weight is 271 g/mol. The first kappa shape index (κ1) is 13.3. The van der Waals surface area contributed by atoms with Crippen LogP contribution in [0.25, 0.3) is 5.69 Å². The van der Waals surface area contributed by atoms with Gasteiger partial charge in [-0.25, -0.2) is 4.68 Å². The van der Waals surface area contributed by atoms with Crippen molar-refractivity contribution in [2.24, 2.45) is 5.92 Å². The molecule has 1 atom stereocenters. The zero-order chi connectivity index (χ0) is 13.6. The Hall–Kier alpha value is -1.65. The normalized spacial score (nSPS) is 18.5. The van der Waals surface area contributed by atoms with Crippen molar-refractivity contribution in [1.82, 2.24) is 15.1 Å². The van der Waals surface area contributed by atoms with E-state index in [0.717, 1.165) is 43.3 Å². The Balaban J connectivity index is 1.45. The Morgan fingerprint density at radius 2 is 2.20 bits per heavy atom. The van der Waals surface area contributed by atoms with Crippen molar-refractivity contribution >= 4 is 0 Å². The lowest BCUT2D eigenvalue weighted by atomic mass is 10.1. The predicted octanol–water partition coefficient (Wildman–Crippen LogP) is 2.39. The number of nitrogens with one attached hydrogen (secondary N) is 1. The summed E-state index contributed by atoms with van der Waals surface area (Å²) in [6, 6.07) is 10.1. The van der Waals surface area contributed by atoms with Crippen LogP contribution in [0.1, 0.15) is 18.4 Å². The van der Waals surface area contributed by atoms with Crippen molar-refractivity contribution in [1.29, 1.82) is 0 Å². The highest BCUT2D eigenvalue weighted by atomic mass is 16.5. The standard InChI is InChI=1S/C16H21N3O/c1-2-4-16(5-3-1)19-12-15(11-18-19)13-20-9-7-14-6-8-17-10-14/h1-5,11-12,14,17H,6-10,13H2. The van der Waals surface area contributed by atoms with Gasteiger partial charge in [-0.05, 0) is 44.0 Å². The summed E-state index contributed by atoms with van der Waals surface area (Å²) in [6.45, 7) is 3.79. The summed E-state index contributed by atoms with van der Waals surface area (Å²) in [7, 11) is 0. The molecule has 1 fully saturated rings. The van der Waals surface area contributed by atoms with Gasteiger partial charge in [0.1, 0.15) is 0 Å². The van der Waals surface area contributed by atoms with E-state index < -0.39 is 0 Å². The van der Waals surface area contributed by atoms with Gasteiger partial charge < -0.3 is 10.1 Å².